The minimum Gasteiger partial charge on any atom is -0.493 e. The molecule has 234 valence electrons. The molecule has 3 amide bonds. The Morgan fingerprint density at radius 2 is 1.70 bits per heavy atom. The second-order valence-corrected chi connectivity index (χ2v) is 12.4. The molecule has 3 aromatic carbocycles. The Kier molecular flexibility index (Phi) is 8.06. The summed E-state index contributed by atoms with van der Waals surface area (Å²) in [6, 6.07) is 20.4. The van der Waals surface area contributed by atoms with Gasteiger partial charge in [-0.15, -0.1) is 0 Å². The third kappa shape index (κ3) is 5.06. The number of sulfonamides is 1. The van der Waals surface area contributed by atoms with Gasteiger partial charge in [0.1, 0.15) is 16.5 Å². The summed E-state index contributed by atoms with van der Waals surface area (Å²) in [5.74, 6) is -1.90. The fourth-order valence-electron chi connectivity index (χ4n) is 5.92. The van der Waals surface area contributed by atoms with Gasteiger partial charge in [-0.05, 0) is 55.5 Å². The molecule has 1 saturated heterocycles. The number of anilines is 2. The van der Waals surface area contributed by atoms with E-state index in [1.165, 1.54) is 35.2 Å². The van der Waals surface area contributed by atoms with Gasteiger partial charge in [-0.25, -0.2) is 17.6 Å². The number of piperazine rings is 1. The molecule has 0 radical (unpaired) electrons. The van der Waals surface area contributed by atoms with Crippen molar-refractivity contribution < 1.29 is 27.1 Å². The van der Waals surface area contributed by atoms with E-state index < -0.39 is 38.2 Å². The molecule has 1 fully saturated rings. The highest BCUT2D eigenvalue weighted by Crippen LogP contribution is 2.49. The van der Waals surface area contributed by atoms with Crippen LogP contribution in [0.2, 0.25) is 0 Å². The highest BCUT2D eigenvalue weighted by atomic mass is 32.2. The summed E-state index contributed by atoms with van der Waals surface area (Å²) in [5, 5.41) is 12.7. The van der Waals surface area contributed by atoms with Crippen molar-refractivity contribution in [3.05, 3.63) is 114 Å². The number of ether oxygens (including phenoxy) is 1. The smallest absolute Gasteiger partial charge is 0.318 e. The number of carbonyl (C=O) groups excluding carboxylic acids is 2. The second kappa shape index (κ2) is 12.1. The van der Waals surface area contributed by atoms with E-state index in [1.807, 2.05) is 18.2 Å². The van der Waals surface area contributed by atoms with Crippen LogP contribution in [0.1, 0.15) is 23.6 Å². The summed E-state index contributed by atoms with van der Waals surface area (Å²) in [4.78, 5) is 36.0. The van der Waals surface area contributed by atoms with Gasteiger partial charge < -0.3 is 19.9 Å². The van der Waals surface area contributed by atoms with E-state index >= 15 is 0 Å². The number of hydrogen-bond donors (Lipinski definition) is 1. The molecular formula is C33H29FN6O5S. The minimum absolute atomic E-state index is 0.0346. The maximum Gasteiger partial charge on any atom is 0.318 e. The van der Waals surface area contributed by atoms with Crippen LogP contribution >= 0.6 is 0 Å². The second-order valence-electron chi connectivity index (χ2n) is 10.6. The first-order valence-electron chi connectivity index (χ1n) is 14.6. The van der Waals surface area contributed by atoms with E-state index in [4.69, 9.17) is 4.74 Å². The summed E-state index contributed by atoms with van der Waals surface area (Å²) in [6.45, 7) is 3.54. The van der Waals surface area contributed by atoms with Crippen molar-refractivity contribution in [2.75, 3.05) is 42.0 Å². The lowest BCUT2D eigenvalue weighted by molar-refractivity contribution is -0.121. The number of hydrogen-bond acceptors (Lipinski definition) is 8. The van der Waals surface area contributed by atoms with Gasteiger partial charge in [-0.2, -0.15) is 9.57 Å². The average molecular weight is 641 g/mol. The molecule has 3 heterocycles. The van der Waals surface area contributed by atoms with Crippen molar-refractivity contribution in [3.63, 3.8) is 0 Å². The number of carbonyl (C=O) groups is 2. The van der Waals surface area contributed by atoms with E-state index in [0.29, 0.717) is 30.5 Å². The standard InChI is InChI=1S/C33H29FN6O5S/c1-2-45-29-9-5-3-7-25(29)33(37-32(42)39-19-17-38(18-20-39)24-13-15-36-16-14-24)26-21-23(22-35)11-12-28(26)40(31(33)41)46(43,44)30-10-6-4-8-27(30)34/h3-16,21H,2,17-20H2,1H3,(H,37,42). The number of aromatic nitrogens is 1. The van der Waals surface area contributed by atoms with Gasteiger partial charge in [0.25, 0.3) is 15.9 Å². The number of para-hydroxylation sites is 1. The fraction of sp³-hybridized carbons (Fsp3) is 0.212. The number of benzene rings is 3. The van der Waals surface area contributed by atoms with Crippen molar-refractivity contribution >= 4 is 33.3 Å². The summed E-state index contributed by atoms with van der Waals surface area (Å²) in [7, 11) is -4.85. The molecule has 0 bridgehead atoms. The Hall–Kier alpha value is -5.48. The molecule has 0 aliphatic carbocycles. The summed E-state index contributed by atoms with van der Waals surface area (Å²) >= 11 is 0. The Morgan fingerprint density at radius 1 is 1.00 bits per heavy atom. The number of pyridine rings is 1. The van der Waals surface area contributed by atoms with Gasteiger partial charge in [-0.1, -0.05) is 30.3 Å². The highest BCUT2D eigenvalue weighted by molar-refractivity contribution is 7.93. The number of nitriles is 1. The topological polar surface area (TPSA) is 136 Å². The normalized spacial score (nSPS) is 17.8. The molecule has 46 heavy (non-hydrogen) atoms. The van der Waals surface area contributed by atoms with Crippen LogP contribution in [0.3, 0.4) is 0 Å². The number of rotatable bonds is 7. The van der Waals surface area contributed by atoms with Gasteiger partial charge in [0.05, 0.1) is 23.9 Å². The van der Waals surface area contributed by atoms with Crippen LogP contribution in [0.4, 0.5) is 20.6 Å². The largest absolute Gasteiger partial charge is 0.493 e. The maximum atomic E-state index is 15.0. The van der Waals surface area contributed by atoms with Gasteiger partial charge in [0.2, 0.25) is 0 Å². The van der Waals surface area contributed by atoms with Crippen molar-refractivity contribution in [2.24, 2.45) is 0 Å². The van der Waals surface area contributed by atoms with Crippen LogP contribution < -0.4 is 19.3 Å². The first-order chi connectivity index (χ1) is 22.2. The number of urea groups is 1. The quantitative estimate of drug-likeness (QED) is 0.320. The fourth-order valence-corrected chi connectivity index (χ4v) is 7.45. The predicted octanol–water partition coefficient (Wildman–Crippen LogP) is 4.00. The van der Waals surface area contributed by atoms with E-state index in [0.717, 1.165) is 17.8 Å². The van der Waals surface area contributed by atoms with Crippen LogP contribution in [-0.4, -0.2) is 63.0 Å². The minimum atomic E-state index is -4.85. The number of nitrogens with zero attached hydrogens (tertiary/aromatic N) is 5. The number of amides is 3. The Morgan fingerprint density at radius 3 is 2.39 bits per heavy atom. The van der Waals surface area contributed by atoms with Crippen LogP contribution in [-0.2, 0) is 20.4 Å². The molecule has 1 atom stereocenters. The van der Waals surface area contributed by atoms with Crippen LogP contribution in [0.5, 0.6) is 5.75 Å². The zero-order valence-corrected chi connectivity index (χ0v) is 25.6. The molecular weight excluding hydrogens is 611 g/mol. The molecule has 0 saturated carbocycles. The molecule has 4 aromatic rings. The van der Waals surface area contributed by atoms with Gasteiger partial charge in [-0.3, -0.25) is 9.78 Å². The third-order valence-corrected chi connectivity index (χ3v) is 9.82. The zero-order valence-electron chi connectivity index (χ0n) is 24.8. The van der Waals surface area contributed by atoms with Gasteiger partial charge in [0.15, 0.2) is 5.54 Å². The zero-order chi connectivity index (χ0) is 32.5. The molecule has 0 spiro atoms. The molecule has 6 rings (SSSR count). The van der Waals surface area contributed by atoms with Crippen molar-refractivity contribution in [1.29, 1.82) is 5.26 Å². The Balaban J connectivity index is 1.49. The molecule has 1 N–H and O–H groups in total. The molecule has 2 aliphatic heterocycles. The molecule has 1 unspecified atom stereocenters. The lowest BCUT2D eigenvalue weighted by Gasteiger charge is -2.38. The predicted molar refractivity (Wildman–Crippen MR) is 167 cm³/mol. The number of nitrogens with one attached hydrogen (secondary N) is 1. The van der Waals surface area contributed by atoms with Crippen molar-refractivity contribution in [2.45, 2.75) is 17.4 Å². The van der Waals surface area contributed by atoms with E-state index in [2.05, 4.69) is 15.2 Å². The maximum absolute atomic E-state index is 15.0. The van der Waals surface area contributed by atoms with E-state index in [9.17, 15) is 27.7 Å². The monoisotopic (exact) mass is 640 g/mol. The first kappa shape index (κ1) is 30.5. The van der Waals surface area contributed by atoms with E-state index in [-0.39, 0.29) is 34.7 Å². The first-order valence-corrected chi connectivity index (χ1v) is 16.0. The third-order valence-electron chi connectivity index (χ3n) is 8.09. The van der Waals surface area contributed by atoms with Gasteiger partial charge in [0, 0.05) is 55.4 Å². The Labute approximate surface area is 265 Å². The highest BCUT2D eigenvalue weighted by Gasteiger charge is 2.59. The van der Waals surface area contributed by atoms with Crippen molar-refractivity contribution in [1.82, 2.24) is 15.2 Å². The van der Waals surface area contributed by atoms with Crippen LogP contribution in [0.25, 0.3) is 0 Å². The molecule has 13 heteroatoms. The summed E-state index contributed by atoms with van der Waals surface area (Å²) < 4.78 is 49.6. The SMILES string of the molecule is CCOc1ccccc1C1(NC(=O)N2CCN(c3ccncc3)CC2)C(=O)N(S(=O)(=O)c2ccccc2F)c2ccc(C#N)cc21. The lowest BCUT2D eigenvalue weighted by Crippen LogP contribution is -2.60. The summed E-state index contributed by atoms with van der Waals surface area (Å²) in [6.07, 6.45) is 3.38. The lowest BCUT2D eigenvalue weighted by atomic mass is 9.82. The summed E-state index contributed by atoms with van der Waals surface area (Å²) in [5.41, 5.74) is -1.02. The number of halogens is 1. The van der Waals surface area contributed by atoms with Crippen molar-refractivity contribution in [3.8, 4) is 11.8 Å². The Bertz CT molecular complexity index is 1960. The van der Waals surface area contributed by atoms with Crippen LogP contribution in [0.15, 0.2) is 96.2 Å². The molecule has 11 nitrogen and oxygen atoms in total. The molecule has 2 aliphatic rings. The van der Waals surface area contributed by atoms with Gasteiger partial charge >= 0.3 is 6.03 Å². The molecule has 1 aromatic heterocycles. The average Bonchev–Trinajstić information content (AvgIpc) is 3.33. The van der Waals surface area contributed by atoms with E-state index in [1.54, 1.807) is 43.6 Å². The van der Waals surface area contributed by atoms with Crippen LogP contribution in [0, 0.1) is 17.1 Å². The number of fused-ring (bicyclic) bond motifs is 1.